The Bertz CT molecular complexity index is 491. The molecule has 0 N–H and O–H groups in total. The van der Waals surface area contributed by atoms with Crippen molar-refractivity contribution in [1.29, 1.82) is 0 Å². The number of hydrogen-bond donors (Lipinski definition) is 0. The lowest BCUT2D eigenvalue weighted by molar-refractivity contribution is -0.138. The normalized spacial score (nSPS) is 11.8. The summed E-state index contributed by atoms with van der Waals surface area (Å²) in [5.41, 5.74) is -0.310. The van der Waals surface area contributed by atoms with E-state index < -0.39 is 11.7 Å². The Labute approximate surface area is 88.9 Å². The average molecular weight is 228 g/mol. The molecular formula is C10H7F3N2O. The second-order valence-corrected chi connectivity index (χ2v) is 3.22. The van der Waals surface area contributed by atoms with Crippen LogP contribution in [0.5, 0.6) is 0 Å². The molecule has 0 atom stereocenters. The Hall–Kier alpha value is -1.85. The molecule has 3 nitrogen and oxygen atoms in total. The SMILES string of the molecule is Cc1c(-c2nnco2)cccc1C(F)(F)F. The maximum Gasteiger partial charge on any atom is 0.416 e. The highest BCUT2D eigenvalue weighted by atomic mass is 19.4. The minimum Gasteiger partial charge on any atom is -0.423 e. The van der Waals surface area contributed by atoms with Crippen LogP contribution in [0.4, 0.5) is 13.2 Å². The smallest absolute Gasteiger partial charge is 0.416 e. The number of benzene rings is 1. The van der Waals surface area contributed by atoms with Gasteiger partial charge in [0.15, 0.2) is 0 Å². The number of alkyl halides is 3. The van der Waals surface area contributed by atoms with Crippen LogP contribution in [0, 0.1) is 6.92 Å². The van der Waals surface area contributed by atoms with Crippen LogP contribution in [0.2, 0.25) is 0 Å². The van der Waals surface area contributed by atoms with Crippen LogP contribution >= 0.6 is 0 Å². The molecule has 0 amide bonds. The maximum absolute atomic E-state index is 12.6. The number of hydrogen-bond acceptors (Lipinski definition) is 3. The summed E-state index contributed by atoms with van der Waals surface area (Å²) in [7, 11) is 0. The van der Waals surface area contributed by atoms with Crippen molar-refractivity contribution in [3.05, 3.63) is 35.7 Å². The second kappa shape index (κ2) is 3.62. The predicted octanol–water partition coefficient (Wildman–Crippen LogP) is 3.06. The lowest BCUT2D eigenvalue weighted by Crippen LogP contribution is -2.08. The minimum absolute atomic E-state index is 0.0826. The van der Waals surface area contributed by atoms with E-state index in [0.717, 1.165) is 12.5 Å². The van der Waals surface area contributed by atoms with Gasteiger partial charge >= 0.3 is 6.18 Å². The summed E-state index contributed by atoms with van der Waals surface area (Å²) in [6.45, 7) is 1.38. The van der Waals surface area contributed by atoms with Gasteiger partial charge in [-0.25, -0.2) is 0 Å². The van der Waals surface area contributed by atoms with Crippen LogP contribution in [0.1, 0.15) is 11.1 Å². The second-order valence-electron chi connectivity index (χ2n) is 3.22. The van der Waals surface area contributed by atoms with E-state index in [0.29, 0.717) is 5.56 Å². The molecule has 0 saturated carbocycles. The molecule has 0 aliphatic heterocycles. The standard InChI is InChI=1S/C10H7F3N2O/c1-6-7(9-15-14-5-16-9)3-2-4-8(6)10(11,12)13/h2-5H,1H3. The number of rotatable bonds is 1. The van der Waals surface area contributed by atoms with Crippen molar-refractivity contribution in [3.8, 4) is 11.5 Å². The van der Waals surface area contributed by atoms with Crippen molar-refractivity contribution in [3.63, 3.8) is 0 Å². The molecule has 16 heavy (non-hydrogen) atoms. The highest BCUT2D eigenvalue weighted by Gasteiger charge is 2.33. The fourth-order valence-electron chi connectivity index (χ4n) is 1.46. The van der Waals surface area contributed by atoms with Crippen molar-refractivity contribution in [2.24, 2.45) is 0 Å². The monoisotopic (exact) mass is 228 g/mol. The summed E-state index contributed by atoms with van der Waals surface area (Å²) >= 11 is 0. The Morgan fingerprint density at radius 3 is 2.56 bits per heavy atom. The average Bonchev–Trinajstić information content (AvgIpc) is 2.69. The zero-order chi connectivity index (χ0) is 11.8. The zero-order valence-electron chi connectivity index (χ0n) is 8.25. The molecule has 6 heteroatoms. The molecule has 0 bridgehead atoms. The summed E-state index contributed by atoms with van der Waals surface area (Å²) < 4.78 is 42.7. The molecule has 0 spiro atoms. The number of nitrogens with zero attached hydrogens (tertiary/aromatic N) is 2. The molecule has 0 aliphatic rings. The van der Waals surface area contributed by atoms with E-state index in [9.17, 15) is 13.2 Å². The fourth-order valence-corrected chi connectivity index (χ4v) is 1.46. The van der Waals surface area contributed by atoms with Gasteiger partial charge in [-0.3, -0.25) is 0 Å². The quantitative estimate of drug-likeness (QED) is 0.752. The van der Waals surface area contributed by atoms with E-state index in [2.05, 4.69) is 10.2 Å². The number of aromatic nitrogens is 2. The van der Waals surface area contributed by atoms with Gasteiger partial charge in [0.25, 0.3) is 0 Å². The summed E-state index contributed by atoms with van der Waals surface area (Å²) in [6.07, 6.45) is -3.30. The fraction of sp³-hybridized carbons (Fsp3) is 0.200. The van der Waals surface area contributed by atoms with Crippen LogP contribution < -0.4 is 0 Å². The van der Waals surface area contributed by atoms with Gasteiger partial charge in [-0.05, 0) is 24.6 Å². The zero-order valence-corrected chi connectivity index (χ0v) is 8.25. The lowest BCUT2D eigenvalue weighted by Gasteiger charge is -2.11. The predicted molar refractivity (Wildman–Crippen MR) is 49.5 cm³/mol. The van der Waals surface area contributed by atoms with Crippen molar-refractivity contribution >= 4 is 0 Å². The Morgan fingerprint density at radius 1 is 1.25 bits per heavy atom. The van der Waals surface area contributed by atoms with Gasteiger partial charge in [-0.2, -0.15) is 13.2 Å². The van der Waals surface area contributed by atoms with Crippen LogP contribution in [-0.2, 0) is 6.18 Å². The van der Waals surface area contributed by atoms with Gasteiger partial charge < -0.3 is 4.42 Å². The van der Waals surface area contributed by atoms with Gasteiger partial charge in [0.05, 0.1) is 5.56 Å². The first-order valence-electron chi connectivity index (χ1n) is 4.43. The minimum atomic E-state index is -4.37. The van der Waals surface area contributed by atoms with E-state index in [4.69, 9.17) is 4.42 Å². The largest absolute Gasteiger partial charge is 0.423 e. The van der Waals surface area contributed by atoms with E-state index in [1.807, 2.05) is 0 Å². The highest BCUT2D eigenvalue weighted by Crippen LogP contribution is 2.35. The number of halogens is 3. The van der Waals surface area contributed by atoms with Crippen molar-refractivity contribution in [2.75, 3.05) is 0 Å². The third-order valence-corrected chi connectivity index (χ3v) is 2.23. The summed E-state index contributed by atoms with van der Waals surface area (Å²) in [6, 6.07) is 3.85. The molecule has 0 radical (unpaired) electrons. The highest BCUT2D eigenvalue weighted by molar-refractivity contribution is 5.60. The Kier molecular flexibility index (Phi) is 2.41. The molecule has 0 unspecified atom stereocenters. The van der Waals surface area contributed by atoms with E-state index in [1.165, 1.54) is 19.1 Å². The van der Waals surface area contributed by atoms with Gasteiger partial charge in [0.1, 0.15) is 0 Å². The Morgan fingerprint density at radius 2 is 2.00 bits per heavy atom. The molecule has 1 aromatic carbocycles. The van der Waals surface area contributed by atoms with Crippen LogP contribution in [0.15, 0.2) is 29.0 Å². The van der Waals surface area contributed by atoms with E-state index in [-0.39, 0.29) is 11.5 Å². The molecular weight excluding hydrogens is 221 g/mol. The molecule has 0 fully saturated rings. The molecule has 84 valence electrons. The molecule has 1 heterocycles. The first kappa shape index (κ1) is 10.7. The third kappa shape index (κ3) is 1.78. The van der Waals surface area contributed by atoms with Crippen molar-refractivity contribution in [1.82, 2.24) is 10.2 Å². The Balaban J connectivity index is 2.58. The van der Waals surface area contributed by atoms with Gasteiger partial charge in [-0.15, -0.1) is 10.2 Å². The van der Waals surface area contributed by atoms with Crippen LogP contribution in [0.25, 0.3) is 11.5 Å². The topological polar surface area (TPSA) is 38.9 Å². The van der Waals surface area contributed by atoms with Gasteiger partial charge in [-0.1, -0.05) is 6.07 Å². The first-order valence-corrected chi connectivity index (χ1v) is 4.43. The summed E-state index contributed by atoms with van der Waals surface area (Å²) in [4.78, 5) is 0. The lowest BCUT2D eigenvalue weighted by atomic mass is 10.0. The molecule has 0 saturated heterocycles. The molecule has 2 rings (SSSR count). The van der Waals surface area contributed by atoms with Crippen molar-refractivity contribution in [2.45, 2.75) is 13.1 Å². The van der Waals surface area contributed by atoms with Gasteiger partial charge in [0.2, 0.25) is 12.3 Å². The molecule has 2 aromatic rings. The van der Waals surface area contributed by atoms with Gasteiger partial charge in [0, 0.05) is 5.56 Å². The first-order chi connectivity index (χ1) is 7.50. The molecule has 1 aromatic heterocycles. The van der Waals surface area contributed by atoms with Crippen LogP contribution in [-0.4, -0.2) is 10.2 Å². The summed E-state index contributed by atoms with van der Waals surface area (Å²) in [5.74, 6) is 0.0867. The van der Waals surface area contributed by atoms with Crippen molar-refractivity contribution < 1.29 is 17.6 Å². The van der Waals surface area contributed by atoms with E-state index in [1.54, 1.807) is 0 Å². The van der Waals surface area contributed by atoms with Crippen LogP contribution in [0.3, 0.4) is 0 Å². The van der Waals surface area contributed by atoms with E-state index >= 15 is 0 Å². The maximum atomic E-state index is 12.6. The third-order valence-electron chi connectivity index (χ3n) is 2.23. The molecule has 0 aliphatic carbocycles. The summed E-state index contributed by atoms with van der Waals surface area (Å²) in [5, 5.41) is 7.02.